The molecular weight excluding hydrogens is 448 g/mol. The van der Waals surface area contributed by atoms with Crippen molar-refractivity contribution in [1.29, 1.82) is 0 Å². The molecule has 1 aromatic heterocycles. The molecule has 0 saturated carbocycles. The average Bonchev–Trinajstić information content (AvgIpc) is 3.26. The predicted octanol–water partition coefficient (Wildman–Crippen LogP) is 3.02. The van der Waals surface area contributed by atoms with Gasteiger partial charge in [0.2, 0.25) is 11.8 Å². The Morgan fingerprint density at radius 1 is 1.09 bits per heavy atom. The van der Waals surface area contributed by atoms with Crippen molar-refractivity contribution in [1.82, 2.24) is 24.9 Å². The van der Waals surface area contributed by atoms with Gasteiger partial charge in [-0.15, -0.1) is 0 Å². The van der Waals surface area contributed by atoms with Crippen molar-refractivity contribution in [2.24, 2.45) is 5.92 Å². The van der Waals surface area contributed by atoms with Gasteiger partial charge in [-0.3, -0.25) is 14.5 Å². The summed E-state index contributed by atoms with van der Waals surface area (Å²) in [5.74, 6) is 0.331. The lowest BCUT2D eigenvalue weighted by Crippen LogP contribution is -2.55. The minimum Gasteiger partial charge on any atom is -0.444 e. The van der Waals surface area contributed by atoms with Crippen molar-refractivity contribution in [3.05, 3.63) is 12.3 Å². The molecule has 2 N–H and O–H groups in total. The number of hydrogen-bond donors (Lipinski definition) is 2. The van der Waals surface area contributed by atoms with Gasteiger partial charge in [0.25, 0.3) is 0 Å². The number of rotatable bonds is 6. The molecule has 2 fully saturated rings. The SMILES string of the molecule is CC(C)n1nccc1NC(=O)[C@@H](C)N1CCC[C@H](NC(=O)[C@@H]2CCCN(C(=O)OC(C)(C)C)C2)C1. The Bertz CT molecular complexity index is 893. The molecule has 196 valence electrons. The molecule has 2 aliphatic rings. The smallest absolute Gasteiger partial charge is 0.410 e. The molecule has 0 unspecified atom stereocenters. The first-order valence-electron chi connectivity index (χ1n) is 12.8. The molecule has 10 heteroatoms. The summed E-state index contributed by atoms with van der Waals surface area (Å²) in [6, 6.07) is 1.59. The molecule has 3 rings (SSSR count). The first-order valence-corrected chi connectivity index (χ1v) is 12.8. The molecule has 3 atom stereocenters. The normalized spacial score (nSPS) is 22.5. The number of anilines is 1. The molecule has 2 aliphatic heterocycles. The van der Waals surface area contributed by atoms with Crippen molar-refractivity contribution < 1.29 is 19.1 Å². The van der Waals surface area contributed by atoms with Gasteiger partial charge in [0, 0.05) is 37.8 Å². The van der Waals surface area contributed by atoms with Gasteiger partial charge in [0.1, 0.15) is 11.4 Å². The number of aromatic nitrogens is 2. The molecular formula is C25H42N6O4. The van der Waals surface area contributed by atoms with Crippen molar-refractivity contribution >= 4 is 23.7 Å². The highest BCUT2D eigenvalue weighted by Gasteiger charge is 2.33. The molecule has 3 amide bonds. The number of ether oxygens (including phenoxy) is 1. The van der Waals surface area contributed by atoms with E-state index in [0.717, 1.165) is 32.2 Å². The van der Waals surface area contributed by atoms with Crippen molar-refractivity contribution in [3.8, 4) is 0 Å². The van der Waals surface area contributed by atoms with E-state index < -0.39 is 5.60 Å². The van der Waals surface area contributed by atoms with E-state index in [2.05, 4.69) is 20.6 Å². The van der Waals surface area contributed by atoms with Gasteiger partial charge >= 0.3 is 6.09 Å². The second kappa shape index (κ2) is 11.4. The first-order chi connectivity index (χ1) is 16.4. The minimum absolute atomic E-state index is 0.0235. The number of piperidine rings is 2. The lowest BCUT2D eigenvalue weighted by molar-refractivity contribution is -0.127. The second-order valence-corrected chi connectivity index (χ2v) is 11.0. The third-order valence-electron chi connectivity index (χ3n) is 6.58. The van der Waals surface area contributed by atoms with Crippen LogP contribution in [-0.4, -0.2) is 81.4 Å². The summed E-state index contributed by atoms with van der Waals surface area (Å²) in [6.45, 7) is 13.9. The number of likely N-dealkylation sites (tertiary alicyclic amines) is 2. The van der Waals surface area contributed by atoms with Crippen LogP contribution in [0.2, 0.25) is 0 Å². The predicted molar refractivity (Wildman–Crippen MR) is 134 cm³/mol. The van der Waals surface area contributed by atoms with Gasteiger partial charge in [0.15, 0.2) is 0 Å². The van der Waals surface area contributed by atoms with Crippen LogP contribution >= 0.6 is 0 Å². The highest BCUT2D eigenvalue weighted by Crippen LogP contribution is 2.21. The molecule has 0 aromatic carbocycles. The minimum atomic E-state index is -0.560. The summed E-state index contributed by atoms with van der Waals surface area (Å²) in [6.07, 6.45) is 4.63. The van der Waals surface area contributed by atoms with Crippen LogP contribution in [0.15, 0.2) is 12.3 Å². The Hall–Kier alpha value is -2.62. The summed E-state index contributed by atoms with van der Waals surface area (Å²) < 4.78 is 7.27. The van der Waals surface area contributed by atoms with Gasteiger partial charge in [-0.1, -0.05) is 0 Å². The highest BCUT2D eigenvalue weighted by molar-refractivity contribution is 5.93. The van der Waals surface area contributed by atoms with Crippen LogP contribution in [0.1, 0.15) is 73.3 Å². The first kappa shape index (κ1) is 27.0. The summed E-state index contributed by atoms with van der Waals surface area (Å²) in [5.41, 5.74) is -0.560. The van der Waals surface area contributed by atoms with Crippen LogP contribution in [0.4, 0.5) is 10.6 Å². The van der Waals surface area contributed by atoms with E-state index in [1.807, 2.05) is 41.5 Å². The fourth-order valence-corrected chi connectivity index (χ4v) is 4.70. The zero-order valence-electron chi connectivity index (χ0n) is 22.0. The lowest BCUT2D eigenvalue weighted by atomic mass is 9.96. The fraction of sp³-hybridized carbons (Fsp3) is 0.760. The van der Waals surface area contributed by atoms with Gasteiger partial charge in [-0.2, -0.15) is 5.10 Å². The van der Waals surface area contributed by atoms with Gasteiger partial charge in [-0.05, 0) is 73.8 Å². The van der Waals surface area contributed by atoms with Crippen LogP contribution < -0.4 is 10.6 Å². The maximum atomic E-state index is 13.0. The molecule has 0 radical (unpaired) electrons. The number of carbonyl (C=O) groups is 3. The quantitative estimate of drug-likeness (QED) is 0.635. The van der Waals surface area contributed by atoms with Crippen LogP contribution in [0, 0.1) is 5.92 Å². The van der Waals surface area contributed by atoms with Crippen LogP contribution in [0.25, 0.3) is 0 Å². The number of hydrogen-bond acceptors (Lipinski definition) is 6. The third-order valence-corrected chi connectivity index (χ3v) is 6.58. The van der Waals surface area contributed by atoms with E-state index in [1.54, 1.807) is 21.8 Å². The average molecular weight is 491 g/mol. The number of amides is 3. The second-order valence-electron chi connectivity index (χ2n) is 11.0. The van der Waals surface area contributed by atoms with Crippen molar-refractivity contribution in [2.75, 3.05) is 31.5 Å². The lowest BCUT2D eigenvalue weighted by Gasteiger charge is -2.38. The number of nitrogens with one attached hydrogen (secondary N) is 2. The summed E-state index contributed by atoms with van der Waals surface area (Å²) in [5, 5.41) is 10.4. The molecule has 1 aromatic rings. The van der Waals surface area contributed by atoms with E-state index in [0.29, 0.717) is 25.5 Å². The molecule has 0 aliphatic carbocycles. The van der Waals surface area contributed by atoms with Crippen LogP contribution in [0.5, 0.6) is 0 Å². The van der Waals surface area contributed by atoms with Crippen molar-refractivity contribution in [2.45, 2.75) is 91.0 Å². The van der Waals surface area contributed by atoms with E-state index >= 15 is 0 Å². The van der Waals surface area contributed by atoms with Crippen molar-refractivity contribution in [3.63, 3.8) is 0 Å². The largest absolute Gasteiger partial charge is 0.444 e. The zero-order valence-corrected chi connectivity index (χ0v) is 22.0. The Balaban J connectivity index is 1.52. The van der Waals surface area contributed by atoms with Gasteiger partial charge < -0.3 is 20.3 Å². The fourth-order valence-electron chi connectivity index (χ4n) is 4.70. The maximum absolute atomic E-state index is 13.0. The zero-order chi connectivity index (χ0) is 25.8. The molecule has 2 saturated heterocycles. The summed E-state index contributed by atoms with van der Waals surface area (Å²) in [7, 11) is 0. The van der Waals surface area contributed by atoms with Gasteiger partial charge in [-0.25, -0.2) is 9.48 Å². The molecule has 0 bridgehead atoms. The van der Waals surface area contributed by atoms with E-state index in [9.17, 15) is 14.4 Å². The molecule has 0 spiro atoms. The van der Waals surface area contributed by atoms with E-state index in [-0.39, 0.29) is 42.0 Å². The highest BCUT2D eigenvalue weighted by atomic mass is 16.6. The summed E-state index contributed by atoms with van der Waals surface area (Å²) >= 11 is 0. The maximum Gasteiger partial charge on any atom is 0.410 e. The third kappa shape index (κ3) is 7.43. The number of nitrogens with zero attached hydrogens (tertiary/aromatic N) is 4. The Kier molecular flexibility index (Phi) is 8.79. The standard InChI is InChI=1S/C25H42N6O4/c1-17(2)31-21(11-12-26-31)28-22(32)18(3)29-13-8-10-20(16-29)27-23(33)19-9-7-14-30(15-19)24(34)35-25(4,5)6/h11-12,17-20H,7-10,13-16H2,1-6H3,(H,27,33)(H,28,32)/t18-,19-,20+/m1/s1. The summed E-state index contributed by atoms with van der Waals surface area (Å²) in [4.78, 5) is 42.2. The topological polar surface area (TPSA) is 109 Å². The van der Waals surface area contributed by atoms with E-state index in [4.69, 9.17) is 4.74 Å². The Morgan fingerprint density at radius 3 is 2.49 bits per heavy atom. The Morgan fingerprint density at radius 2 is 1.80 bits per heavy atom. The van der Waals surface area contributed by atoms with Crippen LogP contribution in [0.3, 0.4) is 0 Å². The molecule has 10 nitrogen and oxygen atoms in total. The molecule has 35 heavy (non-hydrogen) atoms. The van der Waals surface area contributed by atoms with E-state index in [1.165, 1.54) is 0 Å². The van der Waals surface area contributed by atoms with Crippen LogP contribution in [-0.2, 0) is 14.3 Å². The number of carbonyl (C=O) groups excluding carboxylic acids is 3. The molecule has 3 heterocycles. The Labute approximate surface area is 208 Å². The van der Waals surface area contributed by atoms with Gasteiger partial charge in [0.05, 0.1) is 18.2 Å². The monoisotopic (exact) mass is 490 g/mol.